The normalized spacial score (nSPS) is 15.7. The highest BCUT2D eigenvalue weighted by Crippen LogP contribution is 2.37. The number of amides is 3. The average Bonchev–Trinajstić information content (AvgIpc) is 3.09. The standard InChI is InChI=1S/C28H41N3O5Si/c1-8-34-24(35-9-2)18-31-23-13-11-10-12-22(23)25(26(31)32)30-27(33)29-21-16-14-20(15-17-21)19-36-37(6,7)28(3,4)5/h10-17,24-25H,8-9,18-19H2,1-7H3,(H2,29,30,33). The maximum absolute atomic E-state index is 13.3. The molecule has 1 heterocycles. The summed E-state index contributed by atoms with van der Waals surface area (Å²) in [5.41, 5.74) is 3.17. The quantitative estimate of drug-likeness (QED) is 0.284. The summed E-state index contributed by atoms with van der Waals surface area (Å²) in [5, 5.41) is 5.82. The Morgan fingerprint density at radius 2 is 1.65 bits per heavy atom. The molecule has 0 radical (unpaired) electrons. The molecule has 1 unspecified atom stereocenters. The number of para-hydroxylation sites is 1. The van der Waals surface area contributed by atoms with Crippen LogP contribution in [0, 0.1) is 0 Å². The number of hydrogen-bond donors (Lipinski definition) is 2. The first kappa shape index (κ1) is 28.8. The number of ether oxygens (including phenoxy) is 2. The van der Waals surface area contributed by atoms with E-state index in [2.05, 4.69) is 44.5 Å². The van der Waals surface area contributed by atoms with Crippen LogP contribution in [0.25, 0.3) is 0 Å². The van der Waals surface area contributed by atoms with Crippen LogP contribution in [-0.2, 0) is 25.3 Å². The molecule has 0 bridgehead atoms. The monoisotopic (exact) mass is 527 g/mol. The number of rotatable bonds is 11. The molecule has 0 spiro atoms. The molecule has 202 valence electrons. The van der Waals surface area contributed by atoms with Gasteiger partial charge in [0.15, 0.2) is 14.6 Å². The molecule has 0 saturated heterocycles. The fraction of sp³-hybridized carbons (Fsp3) is 0.500. The molecule has 1 aliphatic rings. The van der Waals surface area contributed by atoms with Gasteiger partial charge in [-0.2, -0.15) is 0 Å². The molecular weight excluding hydrogens is 486 g/mol. The highest BCUT2D eigenvalue weighted by Gasteiger charge is 2.39. The Hall–Kier alpha value is -2.72. The van der Waals surface area contributed by atoms with E-state index in [0.29, 0.717) is 25.5 Å². The van der Waals surface area contributed by atoms with E-state index >= 15 is 0 Å². The van der Waals surface area contributed by atoms with E-state index in [-0.39, 0.29) is 17.5 Å². The van der Waals surface area contributed by atoms with Crippen molar-refractivity contribution in [1.82, 2.24) is 5.32 Å². The van der Waals surface area contributed by atoms with E-state index in [1.165, 1.54) is 0 Å². The van der Waals surface area contributed by atoms with E-state index in [9.17, 15) is 9.59 Å². The number of anilines is 2. The Morgan fingerprint density at radius 3 is 2.24 bits per heavy atom. The Kier molecular flexibility index (Phi) is 9.52. The Balaban J connectivity index is 1.63. The van der Waals surface area contributed by atoms with Crippen molar-refractivity contribution in [2.24, 2.45) is 0 Å². The number of carbonyl (C=O) groups is 2. The molecular formula is C28H41N3O5Si. The second kappa shape index (κ2) is 12.2. The molecule has 2 aromatic rings. The molecule has 0 fully saturated rings. The molecule has 0 aromatic heterocycles. The third-order valence-electron chi connectivity index (χ3n) is 6.98. The van der Waals surface area contributed by atoms with E-state index < -0.39 is 26.7 Å². The number of benzene rings is 2. The van der Waals surface area contributed by atoms with Crippen molar-refractivity contribution < 1.29 is 23.5 Å². The lowest BCUT2D eigenvalue weighted by molar-refractivity contribution is -0.135. The maximum atomic E-state index is 13.3. The molecule has 1 aliphatic heterocycles. The molecule has 2 aromatic carbocycles. The molecule has 1 atom stereocenters. The van der Waals surface area contributed by atoms with Crippen LogP contribution < -0.4 is 15.5 Å². The molecule has 0 saturated carbocycles. The molecule has 37 heavy (non-hydrogen) atoms. The number of fused-ring (bicyclic) bond motifs is 1. The number of nitrogens with zero attached hydrogens (tertiary/aromatic N) is 1. The van der Waals surface area contributed by atoms with Gasteiger partial charge in [-0.1, -0.05) is 51.1 Å². The SMILES string of the molecule is CCOC(CN1C(=O)C(NC(=O)Nc2ccc(CO[Si](C)(C)C(C)(C)C)cc2)c2ccccc21)OCC. The third-order valence-corrected chi connectivity index (χ3v) is 11.5. The summed E-state index contributed by atoms with van der Waals surface area (Å²) in [6.07, 6.45) is -0.543. The Bertz CT molecular complexity index is 1060. The van der Waals surface area contributed by atoms with Gasteiger partial charge in [0.2, 0.25) is 0 Å². The van der Waals surface area contributed by atoms with Crippen LogP contribution in [0.2, 0.25) is 18.1 Å². The minimum absolute atomic E-state index is 0.144. The van der Waals surface area contributed by atoms with Gasteiger partial charge >= 0.3 is 6.03 Å². The molecule has 9 heteroatoms. The smallest absolute Gasteiger partial charge is 0.320 e. The summed E-state index contributed by atoms with van der Waals surface area (Å²) in [6, 6.07) is 13.8. The lowest BCUT2D eigenvalue weighted by atomic mass is 10.1. The Morgan fingerprint density at radius 1 is 1.03 bits per heavy atom. The first-order chi connectivity index (χ1) is 17.5. The van der Waals surface area contributed by atoms with Crippen LogP contribution in [0.4, 0.5) is 16.2 Å². The van der Waals surface area contributed by atoms with Crippen molar-refractivity contribution in [2.45, 2.75) is 71.7 Å². The summed E-state index contributed by atoms with van der Waals surface area (Å²) >= 11 is 0. The highest BCUT2D eigenvalue weighted by molar-refractivity contribution is 6.74. The molecule has 3 rings (SSSR count). The van der Waals surface area contributed by atoms with Crippen molar-refractivity contribution in [3.8, 4) is 0 Å². The van der Waals surface area contributed by atoms with Crippen LogP contribution in [0.5, 0.6) is 0 Å². The first-order valence-corrected chi connectivity index (χ1v) is 15.8. The summed E-state index contributed by atoms with van der Waals surface area (Å²) in [7, 11) is -1.84. The zero-order valence-corrected chi connectivity index (χ0v) is 24.1. The lowest BCUT2D eigenvalue weighted by Gasteiger charge is -2.36. The predicted octanol–water partition coefficient (Wildman–Crippen LogP) is 5.82. The topological polar surface area (TPSA) is 89.1 Å². The molecule has 0 aliphatic carbocycles. The van der Waals surface area contributed by atoms with Gasteiger partial charge in [0.1, 0.15) is 6.04 Å². The number of carbonyl (C=O) groups excluding carboxylic acids is 2. The van der Waals surface area contributed by atoms with E-state index in [0.717, 1.165) is 16.8 Å². The lowest BCUT2D eigenvalue weighted by Crippen LogP contribution is -2.43. The van der Waals surface area contributed by atoms with Gasteiger partial charge in [-0.25, -0.2) is 4.79 Å². The van der Waals surface area contributed by atoms with Gasteiger partial charge in [0.05, 0.1) is 13.2 Å². The third kappa shape index (κ3) is 7.19. The van der Waals surface area contributed by atoms with Gasteiger partial charge < -0.3 is 29.4 Å². The number of urea groups is 1. The van der Waals surface area contributed by atoms with Crippen molar-refractivity contribution in [1.29, 1.82) is 0 Å². The van der Waals surface area contributed by atoms with E-state index in [4.69, 9.17) is 13.9 Å². The molecule has 2 N–H and O–H groups in total. The van der Waals surface area contributed by atoms with Crippen LogP contribution in [0.3, 0.4) is 0 Å². The Labute approximate surface area is 221 Å². The van der Waals surface area contributed by atoms with Crippen LogP contribution >= 0.6 is 0 Å². The van der Waals surface area contributed by atoms with Crippen LogP contribution in [0.15, 0.2) is 48.5 Å². The fourth-order valence-corrected chi connectivity index (χ4v) is 4.81. The zero-order chi connectivity index (χ0) is 27.2. The summed E-state index contributed by atoms with van der Waals surface area (Å²) < 4.78 is 17.6. The van der Waals surface area contributed by atoms with Gasteiger partial charge in [-0.3, -0.25) is 4.79 Å². The summed E-state index contributed by atoms with van der Waals surface area (Å²) in [6.45, 7) is 16.6. The van der Waals surface area contributed by atoms with Gasteiger partial charge in [0.25, 0.3) is 5.91 Å². The average molecular weight is 528 g/mol. The van der Waals surface area contributed by atoms with E-state index in [1.54, 1.807) is 4.90 Å². The second-order valence-electron chi connectivity index (χ2n) is 10.6. The number of nitrogens with one attached hydrogen (secondary N) is 2. The minimum Gasteiger partial charge on any atom is -0.413 e. The van der Waals surface area contributed by atoms with Crippen molar-refractivity contribution in [3.05, 3.63) is 59.7 Å². The fourth-order valence-electron chi connectivity index (χ4n) is 3.85. The van der Waals surface area contributed by atoms with Crippen LogP contribution in [-0.4, -0.2) is 46.3 Å². The summed E-state index contributed by atoms with van der Waals surface area (Å²) in [4.78, 5) is 27.8. The van der Waals surface area contributed by atoms with Crippen molar-refractivity contribution in [2.75, 3.05) is 30.0 Å². The van der Waals surface area contributed by atoms with Gasteiger partial charge in [0, 0.05) is 30.2 Å². The second-order valence-corrected chi connectivity index (χ2v) is 15.4. The molecule has 3 amide bonds. The van der Waals surface area contributed by atoms with Gasteiger partial charge in [-0.15, -0.1) is 0 Å². The van der Waals surface area contributed by atoms with Crippen molar-refractivity contribution in [3.63, 3.8) is 0 Å². The maximum Gasteiger partial charge on any atom is 0.320 e. The molecule has 8 nitrogen and oxygen atoms in total. The largest absolute Gasteiger partial charge is 0.413 e. The summed E-state index contributed by atoms with van der Waals surface area (Å²) in [5.74, 6) is -0.223. The van der Waals surface area contributed by atoms with Crippen molar-refractivity contribution >= 4 is 31.6 Å². The minimum atomic E-state index is -1.84. The van der Waals surface area contributed by atoms with E-state index in [1.807, 2.05) is 62.4 Å². The number of hydrogen-bond acceptors (Lipinski definition) is 5. The van der Waals surface area contributed by atoms with Crippen LogP contribution in [0.1, 0.15) is 51.8 Å². The highest BCUT2D eigenvalue weighted by atomic mass is 28.4. The predicted molar refractivity (Wildman–Crippen MR) is 149 cm³/mol. The first-order valence-electron chi connectivity index (χ1n) is 12.9. The zero-order valence-electron chi connectivity index (χ0n) is 23.1. The van der Waals surface area contributed by atoms with Gasteiger partial charge in [-0.05, 0) is 55.7 Å².